The Morgan fingerprint density at radius 3 is 2.50 bits per heavy atom. The summed E-state index contributed by atoms with van der Waals surface area (Å²) in [4.78, 5) is 13.9. The molecule has 0 saturated carbocycles. The number of likely N-dealkylation sites (N-methyl/N-ethyl adjacent to an activating group) is 1. The highest BCUT2D eigenvalue weighted by molar-refractivity contribution is 5.78. The van der Waals surface area contributed by atoms with Gasteiger partial charge in [-0.25, -0.2) is 0 Å². The fourth-order valence-electron chi connectivity index (χ4n) is 1.85. The molecule has 0 bridgehead atoms. The highest BCUT2D eigenvalue weighted by Crippen LogP contribution is 2.01. The Labute approximate surface area is 110 Å². The van der Waals surface area contributed by atoms with Crippen LogP contribution in [-0.4, -0.2) is 36.5 Å². The van der Waals surface area contributed by atoms with Crippen LogP contribution in [0.2, 0.25) is 0 Å². The maximum absolute atomic E-state index is 11.7. The zero-order valence-electron chi connectivity index (χ0n) is 11.6. The molecule has 3 heteroatoms. The average Bonchev–Trinajstić information content (AvgIpc) is 2.34. The molecule has 0 heterocycles. The van der Waals surface area contributed by atoms with E-state index in [9.17, 15) is 4.79 Å². The third-order valence-corrected chi connectivity index (χ3v) is 2.82. The first-order chi connectivity index (χ1) is 8.61. The lowest BCUT2D eigenvalue weighted by Crippen LogP contribution is -2.40. The summed E-state index contributed by atoms with van der Waals surface area (Å²) in [6.07, 6.45) is 0.990. The summed E-state index contributed by atoms with van der Waals surface area (Å²) in [5, 5.41) is 2.93. The molecular formula is C15H24N2O. The molecule has 1 N–H and O–H groups in total. The van der Waals surface area contributed by atoms with Gasteiger partial charge in [0.05, 0.1) is 6.54 Å². The predicted molar refractivity (Wildman–Crippen MR) is 75.5 cm³/mol. The number of rotatable bonds is 7. The van der Waals surface area contributed by atoms with E-state index in [4.69, 9.17) is 0 Å². The first-order valence-electron chi connectivity index (χ1n) is 6.67. The molecule has 0 aliphatic rings. The summed E-state index contributed by atoms with van der Waals surface area (Å²) < 4.78 is 0. The van der Waals surface area contributed by atoms with Crippen LogP contribution in [0.15, 0.2) is 30.3 Å². The molecule has 0 saturated heterocycles. The van der Waals surface area contributed by atoms with Crippen LogP contribution in [0.25, 0.3) is 0 Å². The van der Waals surface area contributed by atoms with E-state index in [2.05, 4.69) is 41.4 Å². The van der Waals surface area contributed by atoms with Gasteiger partial charge in [-0.3, -0.25) is 9.69 Å². The SMILES string of the molecule is CCN(CCc1ccccc1)CC(=O)NC(C)C. The third-order valence-electron chi connectivity index (χ3n) is 2.82. The quantitative estimate of drug-likeness (QED) is 0.801. The van der Waals surface area contributed by atoms with Crippen LogP contribution in [0, 0.1) is 0 Å². The highest BCUT2D eigenvalue weighted by atomic mass is 16.2. The minimum Gasteiger partial charge on any atom is -0.353 e. The molecule has 100 valence electrons. The molecule has 0 unspecified atom stereocenters. The van der Waals surface area contributed by atoms with Crippen molar-refractivity contribution in [3.8, 4) is 0 Å². The summed E-state index contributed by atoms with van der Waals surface area (Å²) in [6, 6.07) is 10.6. The fraction of sp³-hybridized carbons (Fsp3) is 0.533. The van der Waals surface area contributed by atoms with Gasteiger partial charge in [0.15, 0.2) is 0 Å². The summed E-state index contributed by atoms with van der Waals surface area (Å²) in [6.45, 7) is 8.37. The third kappa shape index (κ3) is 5.82. The lowest BCUT2D eigenvalue weighted by molar-refractivity contribution is -0.122. The largest absolute Gasteiger partial charge is 0.353 e. The molecule has 1 rings (SSSR count). The molecule has 3 nitrogen and oxygen atoms in total. The van der Waals surface area contributed by atoms with Crippen molar-refractivity contribution in [2.75, 3.05) is 19.6 Å². The van der Waals surface area contributed by atoms with E-state index in [1.54, 1.807) is 0 Å². The van der Waals surface area contributed by atoms with E-state index in [-0.39, 0.29) is 11.9 Å². The van der Waals surface area contributed by atoms with E-state index in [1.807, 2.05) is 19.9 Å². The van der Waals surface area contributed by atoms with E-state index < -0.39 is 0 Å². The molecule has 1 amide bonds. The summed E-state index contributed by atoms with van der Waals surface area (Å²) in [7, 11) is 0. The van der Waals surface area contributed by atoms with Gasteiger partial charge >= 0.3 is 0 Å². The molecule has 0 atom stereocenters. The highest BCUT2D eigenvalue weighted by Gasteiger charge is 2.09. The van der Waals surface area contributed by atoms with Crippen molar-refractivity contribution >= 4 is 5.91 Å². The number of nitrogens with zero attached hydrogens (tertiary/aromatic N) is 1. The van der Waals surface area contributed by atoms with Gasteiger partial charge in [0.2, 0.25) is 5.91 Å². The molecule has 0 fully saturated rings. The van der Waals surface area contributed by atoms with Crippen molar-refractivity contribution < 1.29 is 4.79 Å². The number of nitrogens with one attached hydrogen (secondary N) is 1. The van der Waals surface area contributed by atoms with Crippen molar-refractivity contribution in [3.05, 3.63) is 35.9 Å². The van der Waals surface area contributed by atoms with Gasteiger partial charge in [-0.1, -0.05) is 37.3 Å². The first kappa shape index (κ1) is 14.7. The van der Waals surface area contributed by atoms with Crippen LogP contribution in [0.5, 0.6) is 0 Å². The minimum atomic E-state index is 0.111. The monoisotopic (exact) mass is 248 g/mol. The van der Waals surface area contributed by atoms with Gasteiger partial charge in [-0.2, -0.15) is 0 Å². The number of amides is 1. The van der Waals surface area contributed by atoms with Gasteiger partial charge in [0, 0.05) is 12.6 Å². The Kier molecular flexibility index (Phi) is 6.44. The lowest BCUT2D eigenvalue weighted by Gasteiger charge is -2.20. The van der Waals surface area contributed by atoms with Gasteiger partial charge < -0.3 is 5.32 Å². The predicted octanol–water partition coefficient (Wildman–Crippen LogP) is 2.08. The number of hydrogen-bond acceptors (Lipinski definition) is 2. The number of carbonyl (C=O) groups excluding carboxylic acids is 1. The van der Waals surface area contributed by atoms with E-state index in [0.717, 1.165) is 19.5 Å². The maximum Gasteiger partial charge on any atom is 0.234 e. The molecule has 0 radical (unpaired) electrons. The van der Waals surface area contributed by atoms with Gasteiger partial charge in [0.25, 0.3) is 0 Å². The van der Waals surface area contributed by atoms with Crippen LogP contribution in [0.4, 0.5) is 0 Å². The van der Waals surface area contributed by atoms with Crippen LogP contribution in [0.1, 0.15) is 26.3 Å². The number of hydrogen-bond donors (Lipinski definition) is 1. The van der Waals surface area contributed by atoms with Gasteiger partial charge in [-0.05, 0) is 32.4 Å². The summed E-state index contributed by atoms with van der Waals surface area (Å²) in [5.74, 6) is 0.111. The molecule has 1 aromatic rings. The van der Waals surface area contributed by atoms with E-state index in [0.29, 0.717) is 6.54 Å². The average molecular weight is 248 g/mol. The second-order valence-electron chi connectivity index (χ2n) is 4.83. The molecule has 0 aliphatic carbocycles. The van der Waals surface area contributed by atoms with Crippen molar-refractivity contribution in [1.82, 2.24) is 10.2 Å². The Hall–Kier alpha value is -1.35. The molecule has 1 aromatic carbocycles. The van der Waals surface area contributed by atoms with Gasteiger partial charge in [-0.15, -0.1) is 0 Å². The molecule has 0 spiro atoms. The zero-order chi connectivity index (χ0) is 13.4. The van der Waals surface area contributed by atoms with Crippen molar-refractivity contribution in [3.63, 3.8) is 0 Å². The van der Waals surface area contributed by atoms with E-state index >= 15 is 0 Å². The zero-order valence-corrected chi connectivity index (χ0v) is 11.6. The Morgan fingerprint density at radius 1 is 1.28 bits per heavy atom. The Bertz CT molecular complexity index is 349. The molecule has 0 aliphatic heterocycles. The fourth-order valence-corrected chi connectivity index (χ4v) is 1.85. The van der Waals surface area contributed by atoms with Crippen LogP contribution in [-0.2, 0) is 11.2 Å². The van der Waals surface area contributed by atoms with Crippen molar-refractivity contribution in [2.45, 2.75) is 33.2 Å². The molecule has 0 aromatic heterocycles. The van der Waals surface area contributed by atoms with Crippen LogP contribution in [0.3, 0.4) is 0 Å². The van der Waals surface area contributed by atoms with E-state index in [1.165, 1.54) is 5.56 Å². The molecular weight excluding hydrogens is 224 g/mol. The Balaban J connectivity index is 2.36. The van der Waals surface area contributed by atoms with Crippen LogP contribution < -0.4 is 5.32 Å². The topological polar surface area (TPSA) is 32.3 Å². The number of benzene rings is 1. The second kappa shape index (κ2) is 7.88. The first-order valence-corrected chi connectivity index (χ1v) is 6.67. The minimum absolute atomic E-state index is 0.111. The normalized spacial score (nSPS) is 10.9. The number of carbonyl (C=O) groups is 1. The smallest absolute Gasteiger partial charge is 0.234 e. The standard InChI is InChI=1S/C15H24N2O/c1-4-17(12-15(18)16-13(2)3)11-10-14-8-6-5-7-9-14/h5-9,13H,4,10-12H2,1-3H3,(H,16,18). The second-order valence-corrected chi connectivity index (χ2v) is 4.83. The van der Waals surface area contributed by atoms with Crippen LogP contribution >= 0.6 is 0 Å². The van der Waals surface area contributed by atoms with Crippen molar-refractivity contribution in [2.24, 2.45) is 0 Å². The lowest BCUT2D eigenvalue weighted by atomic mass is 10.1. The summed E-state index contributed by atoms with van der Waals surface area (Å²) >= 11 is 0. The van der Waals surface area contributed by atoms with Crippen molar-refractivity contribution in [1.29, 1.82) is 0 Å². The molecule has 18 heavy (non-hydrogen) atoms. The Morgan fingerprint density at radius 2 is 1.94 bits per heavy atom. The maximum atomic E-state index is 11.7. The summed E-state index contributed by atoms with van der Waals surface area (Å²) in [5.41, 5.74) is 1.32. The van der Waals surface area contributed by atoms with Gasteiger partial charge in [0.1, 0.15) is 0 Å².